The van der Waals surface area contributed by atoms with E-state index in [4.69, 9.17) is 0 Å². The number of carbonyl (C=O) groups is 3. The van der Waals surface area contributed by atoms with Crippen molar-refractivity contribution in [2.24, 2.45) is 0 Å². The van der Waals surface area contributed by atoms with Gasteiger partial charge in [0.1, 0.15) is 5.82 Å². The first-order valence-corrected chi connectivity index (χ1v) is 8.08. The van der Waals surface area contributed by atoms with Crippen LogP contribution >= 0.6 is 0 Å². The number of halogens is 1. The Kier molecular flexibility index (Phi) is 6.84. The van der Waals surface area contributed by atoms with E-state index in [1.807, 2.05) is 18.2 Å². The Morgan fingerprint density at radius 1 is 0.923 bits per heavy atom. The molecule has 7 heteroatoms. The zero-order valence-corrected chi connectivity index (χ0v) is 14.3. The van der Waals surface area contributed by atoms with E-state index >= 15 is 0 Å². The molecule has 0 aromatic heterocycles. The van der Waals surface area contributed by atoms with Crippen LogP contribution in [0.3, 0.4) is 0 Å². The van der Waals surface area contributed by atoms with E-state index in [-0.39, 0.29) is 24.6 Å². The monoisotopic (exact) mass is 357 g/mol. The number of hydrazine groups is 1. The second-order valence-electron chi connectivity index (χ2n) is 5.77. The quantitative estimate of drug-likeness (QED) is 0.689. The van der Waals surface area contributed by atoms with Crippen molar-refractivity contribution in [3.05, 3.63) is 71.5 Å². The van der Waals surface area contributed by atoms with E-state index < -0.39 is 17.9 Å². The molecule has 0 fully saturated rings. The molecule has 0 aliphatic carbocycles. The molecule has 3 amide bonds. The van der Waals surface area contributed by atoms with Crippen molar-refractivity contribution >= 4 is 17.7 Å². The van der Waals surface area contributed by atoms with Gasteiger partial charge in [-0.05, 0) is 23.3 Å². The fourth-order valence-electron chi connectivity index (χ4n) is 2.39. The summed E-state index contributed by atoms with van der Waals surface area (Å²) >= 11 is 0. The molecule has 0 bridgehead atoms. The minimum absolute atomic E-state index is 0.00830. The van der Waals surface area contributed by atoms with Crippen LogP contribution in [-0.2, 0) is 20.8 Å². The Hall–Kier alpha value is -3.22. The summed E-state index contributed by atoms with van der Waals surface area (Å²) in [5.74, 6) is -1.51. The predicted octanol–water partition coefficient (Wildman–Crippen LogP) is 1.78. The van der Waals surface area contributed by atoms with Crippen LogP contribution in [-0.4, -0.2) is 17.7 Å². The third-order valence-electron chi connectivity index (χ3n) is 3.59. The zero-order valence-electron chi connectivity index (χ0n) is 14.3. The minimum atomic E-state index is -0.497. The lowest BCUT2D eigenvalue weighted by atomic mass is 10.0. The van der Waals surface area contributed by atoms with Crippen molar-refractivity contribution < 1.29 is 18.8 Å². The first kappa shape index (κ1) is 19.1. The summed E-state index contributed by atoms with van der Waals surface area (Å²) < 4.78 is 12.8. The number of rotatable bonds is 6. The molecule has 0 radical (unpaired) electrons. The van der Waals surface area contributed by atoms with E-state index in [0.29, 0.717) is 5.56 Å². The van der Waals surface area contributed by atoms with Gasteiger partial charge in [-0.15, -0.1) is 0 Å². The maximum absolute atomic E-state index is 12.8. The number of carbonyl (C=O) groups excluding carboxylic acids is 3. The fraction of sp³-hybridized carbons (Fsp3) is 0.211. The number of nitrogens with one attached hydrogen (secondary N) is 3. The van der Waals surface area contributed by atoms with Crippen LogP contribution < -0.4 is 16.2 Å². The third-order valence-corrected chi connectivity index (χ3v) is 3.59. The molecule has 2 aromatic carbocycles. The second kappa shape index (κ2) is 9.31. The lowest BCUT2D eigenvalue weighted by molar-refractivity contribution is -0.129. The lowest BCUT2D eigenvalue weighted by Gasteiger charge is -2.18. The number of hydrogen-bond acceptors (Lipinski definition) is 3. The molecule has 1 unspecified atom stereocenters. The molecule has 6 nitrogen and oxygen atoms in total. The standard InChI is InChI=1S/C19H20FN3O3/c1-13(24)21-17(15-5-3-2-4-6-15)12-19(26)23-22-18(25)11-14-7-9-16(20)10-8-14/h2-10,17H,11-12H2,1H3,(H,21,24)(H,22,25)(H,23,26). The van der Waals surface area contributed by atoms with Gasteiger partial charge in [-0.1, -0.05) is 42.5 Å². The van der Waals surface area contributed by atoms with Gasteiger partial charge in [0.25, 0.3) is 0 Å². The van der Waals surface area contributed by atoms with Crippen molar-refractivity contribution in [2.45, 2.75) is 25.8 Å². The molecule has 0 aliphatic heterocycles. The van der Waals surface area contributed by atoms with E-state index in [1.165, 1.54) is 31.2 Å². The van der Waals surface area contributed by atoms with Crippen LogP contribution in [0.2, 0.25) is 0 Å². The molecule has 2 rings (SSSR count). The van der Waals surface area contributed by atoms with Crippen molar-refractivity contribution in [3.63, 3.8) is 0 Å². The Morgan fingerprint density at radius 2 is 1.54 bits per heavy atom. The van der Waals surface area contributed by atoms with Gasteiger partial charge in [-0.2, -0.15) is 0 Å². The summed E-state index contributed by atoms with van der Waals surface area (Å²) in [6.45, 7) is 1.37. The van der Waals surface area contributed by atoms with E-state index in [1.54, 1.807) is 12.1 Å². The van der Waals surface area contributed by atoms with Crippen LogP contribution in [0.5, 0.6) is 0 Å². The predicted molar refractivity (Wildman–Crippen MR) is 94.0 cm³/mol. The molecule has 26 heavy (non-hydrogen) atoms. The molecule has 136 valence electrons. The molecule has 1 atom stereocenters. The van der Waals surface area contributed by atoms with Crippen LogP contribution in [0.1, 0.15) is 30.5 Å². The Labute approximate surface area is 150 Å². The molecule has 0 heterocycles. The average Bonchev–Trinajstić information content (AvgIpc) is 2.62. The normalized spacial score (nSPS) is 11.3. The highest BCUT2D eigenvalue weighted by Crippen LogP contribution is 2.16. The van der Waals surface area contributed by atoms with Gasteiger partial charge in [-0.3, -0.25) is 25.2 Å². The molecule has 3 N–H and O–H groups in total. The fourth-order valence-corrected chi connectivity index (χ4v) is 2.39. The van der Waals surface area contributed by atoms with E-state index in [2.05, 4.69) is 16.2 Å². The summed E-state index contributed by atoms with van der Waals surface area (Å²) in [4.78, 5) is 35.3. The maximum atomic E-state index is 12.8. The van der Waals surface area contributed by atoms with Gasteiger partial charge in [0.2, 0.25) is 17.7 Å². The molecule has 0 saturated carbocycles. The Bertz CT molecular complexity index is 763. The largest absolute Gasteiger partial charge is 0.349 e. The van der Waals surface area contributed by atoms with Gasteiger partial charge in [0, 0.05) is 6.92 Å². The first-order chi connectivity index (χ1) is 12.4. The summed E-state index contributed by atoms with van der Waals surface area (Å²) in [7, 11) is 0. The Morgan fingerprint density at radius 3 is 2.15 bits per heavy atom. The van der Waals surface area contributed by atoms with Gasteiger partial charge in [0.05, 0.1) is 18.9 Å². The van der Waals surface area contributed by atoms with Crippen molar-refractivity contribution in [3.8, 4) is 0 Å². The van der Waals surface area contributed by atoms with Crippen LogP contribution in [0.25, 0.3) is 0 Å². The summed E-state index contributed by atoms with van der Waals surface area (Å²) in [5, 5.41) is 2.71. The Balaban J connectivity index is 1.86. The maximum Gasteiger partial charge on any atom is 0.242 e. The highest BCUT2D eigenvalue weighted by Gasteiger charge is 2.17. The van der Waals surface area contributed by atoms with E-state index in [9.17, 15) is 18.8 Å². The van der Waals surface area contributed by atoms with Gasteiger partial charge >= 0.3 is 0 Å². The summed E-state index contributed by atoms with van der Waals surface area (Å²) in [6.07, 6.45) is -0.0191. The van der Waals surface area contributed by atoms with Crippen LogP contribution in [0.15, 0.2) is 54.6 Å². The molecule has 2 aromatic rings. The molecule has 0 aliphatic rings. The molecule has 0 saturated heterocycles. The third kappa shape index (κ3) is 6.35. The molecular weight excluding hydrogens is 337 g/mol. The average molecular weight is 357 g/mol. The summed E-state index contributed by atoms with van der Waals surface area (Å²) in [5.41, 5.74) is 6.05. The van der Waals surface area contributed by atoms with Crippen LogP contribution in [0.4, 0.5) is 4.39 Å². The highest BCUT2D eigenvalue weighted by atomic mass is 19.1. The SMILES string of the molecule is CC(=O)NC(CC(=O)NNC(=O)Cc1ccc(F)cc1)c1ccccc1. The lowest BCUT2D eigenvalue weighted by Crippen LogP contribution is -2.43. The zero-order chi connectivity index (χ0) is 18.9. The second-order valence-corrected chi connectivity index (χ2v) is 5.77. The topological polar surface area (TPSA) is 87.3 Å². The highest BCUT2D eigenvalue weighted by molar-refractivity contribution is 5.84. The van der Waals surface area contributed by atoms with Crippen molar-refractivity contribution in [1.82, 2.24) is 16.2 Å². The minimum Gasteiger partial charge on any atom is -0.349 e. The van der Waals surface area contributed by atoms with Gasteiger partial charge < -0.3 is 5.32 Å². The van der Waals surface area contributed by atoms with Crippen molar-refractivity contribution in [2.75, 3.05) is 0 Å². The smallest absolute Gasteiger partial charge is 0.242 e. The van der Waals surface area contributed by atoms with Crippen LogP contribution in [0, 0.1) is 5.82 Å². The number of hydrogen-bond donors (Lipinski definition) is 3. The van der Waals surface area contributed by atoms with Gasteiger partial charge in [-0.25, -0.2) is 4.39 Å². The number of benzene rings is 2. The first-order valence-electron chi connectivity index (χ1n) is 8.08. The van der Waals surface area contributed by atoms with E-state index in [0.717, 1.165) is 5.56 Å². The van der Waals surface area contributed by atoms with Gasteiger partial charge in [0.15, 0.2) is 0 Å². The summed E-state index contributed by atoms with van der Waals surface area (Å²) in [6, 6.07) is 14.1. The molecule has 0 spiro atoms. The number of amides is 3. The van der Waals surface area contributed by atoms with Crippen molar-refractivity contribution in [1.29, 1.82) is 0 Å². The molecular formula is C19H20FN3O3.